The van der Waals surface area contributed by atoms with E-state index in [2.05, 4.69) is 21.3 Å². The Kier molecular flexibility index (Phi) is 19.2. The predicted molar refractivity (Wildman–Crippen MR) is 240 cm³/mol. The fourth-order valence-electron chi connectivity index (χ4n) is 6.68. The number of rotatable bonds is 24. The molecule has 0 bridgehead atoms. The minimum absolute atomic E-state index is 0.0232. The second-order valence-corrected chi connectivity index (χ2v) is 15.4. The van der Waals surface area contributed by atoms with Crippen molar-refractivity contribution in [2.24, 2.45) is 5.73 Å². The van der Waals surface area contributed by atoms with E-state index in [1.54, 1.807) is 0 Å². The number of carbonyl (C=O) groups excluding carboxylic acids is 6. The lowest BCUT2D eigenvalue weighted by Crippen LogP contribution is -2.46. The SMILES string of the molecule is CCCNC(=O)c1ccc(C(=O)NC[C@H](CCCCN)NC(=O)c2ccc(C(=O)NCCCN(CCCCN(C)C(=O)c3cccc(=O)n3O)C(=O)c3cccc(=O)n3O)c(=O)n2O)n(O)c1=O. The lowest BCUT2D eigenvalue weighted by Gasteiger charge is -2.24. The molecule has 4 rings (SSSR count). The lowest BCUT2D eigenvalue weighted by molar-refractivity contribution is 0.0674. The summed E-state index contributed by atoms with van der Waals surface area (Å²) in [5.74, 6) is -4.92. The van der Waals surface area contributed by atoms with E-state index < -0.39 is 80.7 Å². The molecule has 0 fully saturated rings. The average molecular weight is 950 g/mol. The van der Waals surface area contributed by atoms with E-state index in [0.29, 0.717) is 38.6 Å². The van der Waals surface area contributed by atoms with Crippen LogP contribution in [0.4, 0.5) is 0 Å². The molecule has 0 saturated heterocycles. The molecule has 0 aliphatic heterocycles. The first-order chi connectivity index (χ1) is 32.4. The number of pyridine rings is 4. The van der Waals surface area contributed by atoms with Crippen LogP contribution in [0.2, 0.25) is 0 Å². The summed E-state index contributed by atoms with van der Waals surface area (Å²) in [7, 11) is 1.46. The molecular weight excluding hydrogens is 895 g/mol. The van der Waals surface area contributed by atoms with Gasteiger partial charge in [-0.15, -0.1) is 18.9 Å². The van der Waals surface area contributed by atoms with E-state index in [9.17, 15) is 68.8 Å². The Morgan fingerprint density at radius 2 is 1.09 bits per heavy atom. The van der Waals surface area contributed by atoms with Gasteiger partial charge in [0, 0.05) is 64.5 Å². The molecule has 4 aromatic heterocycles. The summed E-state index contributed by atoms with van der Waals surface area (Å²) in [4.78, 5) is 130. The van der Waals surface area contributed by atoms with Gasteiger partial charge in [0.05, 0.1) is 0 Å². The minimum Gasteiger partial charge on any atom is -0.425 e. The Labute approximate surface area is 386 Å². The highest BCUT2D eigenvalue weighted by atomic mass is 16.5. The number of hydrogen-bond acceptors (Lipinski definition) is 15. The third-order valence-corrected chi connectivity index (χ3v) is 10.5. The molecule has 0 saturated carbocycles. The van der Waals surface area contributed by atoms with Crippen molar-refractivity contribution in [1.29, 1.82) is 0 Å². The van der Waals surface area contributed by atoms with E-state index >= 15 is 0 Å². The maximum atomic E-state index is 13.5. The van der Waals surface area contributed by atoms with Crippen LogP contribution in [0, 0.1) is 0 Å². The first kappa shape index (κ1) is 52.4. The van der Waals surface area contributed by atoms with Crippen LogP contribution in [0.25, 0.3) is 0 Å². The molecule has 10 N–H and O–H groups in total. The summed E-state index contributed by atoms with van der Waals surface area (Å²) in [5, 5.41) is 51.4. The number of amides is 6. The van der Waals surface area contributed by atoms with Crippen LogP contribution in [0.1, 0.15) is 115 Å². The topological polar surface area (TPSA) is 352 Å². The number of carbonyl (C=O) groups is 6. The highest BCUT2D eigenvalue weighted by molar-refractivity contribution is 5.98. The predicted octanol–water partition coefficient (Wildman–Crippen LogP) is -1.11. The number of aromatic nitrogens is 4. The molecule has 25 nitrogen and oxygen atoms in total. The molecule has 1 atom stereocenters. The van der Waals surface area contributed by atoms with Gasteiger partial charge in [0.25, 0.3) is 57.7 Å². The lowest BCUT2D eigenvalue weighted by atomic mass is 10.1. The third-order valence-electron chi connectivity index (χ3n) is 10.5. The first-order valence-corrected chi connectivity index (χ1v) is 21.6. The molecule has 366 valence electrons. The van der Waals surface area contributed by atoms with Crippen LogP contribution in [0.15, 0.2) is 79.8 Å². The second-order valence-electron chi connectivity index (χ2n) is 15.4. The molecule has 0 unspecified atom stereocenters. The summed E-state index contributed by atoms with van der Waals surface area (Å²) in [6, 6.07) is 10.6. The van der Waals surface area contributed by atoms with Crippen LogP contribution in [-0.4, -0.2) is 144 Å². The maximum Gasteiger partial charge on any atom is 0.296 e. The zero-order valence-corrected chi connectivity index (χ0v) is 37.4. The summed E-state index contributed by atoms with van der Waals surface area (Å²) >= 11 is 0. The van der Waals surface area contributed by atoms with E-state index in [0.717, 1.165) is 36.4 Å². The Balaban J connectivity index is 1.37. The first-order valence-electron chi connectivity index (χ1n) is 21.6. The Hall–Kier alpha value is -8.22. The maximum absolute atomic E-state index is 13.5. The smallest absolute Gasteiger partial charge is 0.296 e. The fourth-order valence-corrected chi connectivity index (χ4v) is 6.68. The molecule has 0 aliphatic rings. The van der Waals surface area contributed by atoms with Gasteiger partial charge in [-0.25, -0.2) is 0 Å². The molecule has 0 aromatic carbocycles. The van der Waals surface area contributed by atoms with Gasteiger partial charge >= 0.3 is 0 Å². The Morgan fingerprint density at radius 1 is 0.574 bits per heavy atom. The standard InChI is InChI=1S/C43H55N11O14/c1-3-21-45-36(57)28-16-18-30(53(67)40(28)61)38(59)47-26-27(11-4-5-20-44)48-39(60)31-19-17-29(41(62)54(31)68)37(58)46-22-10-25-50(43(64)33-13-9-15-35(56)52(33)66)24-7-6-23-49(2)42(63)32-12-8-14-34(55)51(32)65/h8-9,12-19,27,65-68H,3-7,10-11,20-26,44H2,1-2H3,(H,45,57)(H,46,58)(H,47,59)(H,48,60)/t27-/m0/s1. The molecule has 0 radical (unpaired) electrons. The van der Waals surface area contributed by atoms with Crippen LogP contribution in [0.3, 0.4) is 0 Å². The molecule has 6 amide bonds. The van der Waals surface area contributed by atoms with E-state index in [1.165, 1.54) is 41.1 Å². The van der Waals surface area contributed by atoms with Gasteiger partial charge in [-0.1, -0.05) is 25.5 Å². The molecule has 0 aliphatic carbocycles. The van der Waals surface area contributed by atoms with E-state index in [-0.39, 0.29) is 88.0 Å². The van der Waals surface area contributed by atoms with Crippen molar-refractivity contribution in [3.05, 3.63) is 136 Å². The zero-order chi connectivity index (χ0) is 50.1. The van der Waals surface area contributed by atoms with Crippen LogP contribution in [0.5, 0.6) is 0 Å². The molecule has 4 heterocycles. The van der Waals surface area contributed by atoms with Crippen LogP contribution in [-0.2, 0) is 0 Å². The second kappa shape index (κ2) is 24.9. The minimum atomic E-state index is -1.25. The summed E-state index contributed by atoms with van der Waals surface area (Å²) in [6.07, 6.45) is 2.59. The molecular formula is C43H55N11O14. The zero-order valence-electron chi connectivity index (χ0n) is 37.4. The van der Waals surface area contributed by atoms with Crippen molar-refractivity contribution in [2.75, 3.05) is 52.9 Å². The summed E-state index contributed by atoms with van der Waals surface area (Å²) in [6.45, 7) is 2.22. The van der Waals surface area contributed by atoms with E-state index in [1.807, 2.05) is 6.92 Å². The number of nitrogens with one attached hydrogen (secondary N) is 4. The number of nitrogens with zero attached hydrogens (tertiary/aromatic N) is 6. The third kappa shape index (κ3) is 13.4. The van der Waals surface area contributed by atoms with Gasteiger partial charge in [0.1, 0.15) is 33.9 Å². The van der Waals surface area contributed by atoms with Crippen molar-refractivity contribution < 1.29 is 49.6 Å². The highest BCUT2D eigenvalue weighted by Gasteiger charge is 2.25. The normalized spacial score (nSPS) is 11.3. The van der Waals surface area contributed by atoms with Gasteiger partial charge in [-0.05, 0) is 81.5 Å². The van der Waals surface area contributed by atoms with Crippen molar-refractivity contribution >= 4 is 35.4 Å². The van der Waals surface area contributed by atoms with Gasteiger partial charge < -0.3 is 57.6 Å². The summed E-state index contributed by atoms with van der Waals surface area (Å²) < 4.78 is 0.436. The van der Waals surface area contributed by atoms with Crippen molar-refractivity contribution in [3.63, 3.8) is 0 Å². The Bertz CT molecular complexity index is 2730. The van der Waals surface area contributed by atoms with Gasteiger partial charge in [-0.2, -0.15) is 0 Å². The van der Waals surface area contributed by atoms with Crippen molar-refractivity contribution in [1.82, 2.24) is 50.0 Å². The van der Waals surface area contributed by atoms with Gasteiger partial charge in [0.15, 0.2) is 0 Å². The van der Waals surface area contributed by atoms with Gasteiger partial charge in [-0.3, -0.25) is 47.9 Å². The fraction of sp³-hybridized carbons (Fsp3) is 0.395. The van der Waals surface area contributed by atoms with Crippen LogP contribution < -0.4 is 49.2 Å². The van der Waals surface area contributed by atoms with Crippen molar-refractivity contribution in [2.45, 2.75) is 57.9 Å². The number of nitrogens with two attached hydrogens (primary N) is 1. The number of unbranched alkanes of at least 4 members (excludes halogenated alkanes) is 2. The van der Waals surface area contributed by atoms with Crippen molar-refractivity contribution in [3.8, 4) is 0 Å². The molecule has 25 heteroatoms. The molecule has 0 spiro atoms. The summed E-state index contributed by atoms with van der Waals surface area (Å²) in [5.41, 5.74) is -0.992. The largest absolute Gasteiger partial charge is 0.425 e. The quantitative estimate of drug-likeness (QED) is 0.0297. The van der Waals surface area contributed by atoms with Crippen LogP contribution >= 0.6 is 0 Å². The van der Waals surface area contributed by atoms with E-state index in [4.69, 9.17) is 5.73 Å². The average Bonchev–Trinajstić information content (AvgIpc) is 3.32. The molecule has 68 heavy (non-hydrogen) atoms. The van der Waals surface area contributed by atoms with Gasteiger partial charge in [0.2, 0.25) is 0 Å². The highest BCUT2D eigenvalue weighted by Crippen LogP contribution is 2.09. The molecule has 4 aromatic rings. The Morgan fingerprint density at radius 3 is 1.65 bits per heavy atom. The number of hydrogen-bond donors (Lipinski definition) is 9. The monoisotopic (exact) mass is 949 g/mol.